The Morgan fingerprint density at radius 2 is 0.518 bits per heavy atom. The van der Waals surface area contributed by atoms with E-state index in [2.05, 4.69) is 344 Å². The summed E-state index contributed by atoms with van der Waals surface area (Å²) in [6, 6.07) is 113. The van der Waals surface area contributed by atoms with Crippen LogP contribution >= 0.6 is 15.9 Å². The summed E-state index contributed by atoms with van der Waals surface area (Å²) in [6.45, 7) is 0. The van der Waals surface area contributed by atoms with Crippen molar-refractivity contribution in [2.45, 2.75) is 0 Å². The number of benzene rings is 14. The minimum Gasteiger partial charge on any atom is -0.354 e. The number of hydrogen-bond acceptors (Lipinski definition) is 0. The van der Waals surface area contributed by atoms with Crippen LogP contribution in [-0.4, -0.2) is 18.7 Å². The molecular weight excluding hydrogens is 1100 g/mol. The lowest BCUT2D eigenvalue weighted by Crippen LogP contribution is -1.96. The number of aromatic amines is 1. The molecule has 18 rings (SSSR count). The number of nitrogens with zero attached hydrogens (tertiary/aromatic N) is 3. The maximum atomic E-state index is 3.72. The maximum absolute atomic E-state index is 3.72. The molecule has 18 aromatic rings. The summed E-state index contributed by atoms with van der Waals surface area (Å²) >= 11 is 3.42. The number of fused-ring (bicyclic) bond motifs is 20. The van der Waals surface area contributed by atoms with Crippen LogP contribution in [0.15, 0.2) is 320 Å². The van der Waals surface area contributed by atoms with Crippen molar-refractivity contribution in [3.05, 3.63) is 320 Å². The molecule has 0 saturated carbocycles. The SMILES string of the molecule is Brc1ccc(-c2ccccc2)cc1.c1ccc(-c2ccc(-n3c4ccccc4c4c5c6ccccc6n(-c6ccccc6)c5c5ccccc5c43)cc2)cc1.c1ccc(-n2c3ccccc3c3c4c5ccccc5[nH]c4c4ccccc4c32)cc1. The Morgan fingerprint density at radius 1 is 0.224 bits per heavy atom. The van der Waals surface area contributed by atoms with Gasteiger partial charge in [0.25, 0.3) is 0 Å². The van der Waals surface area contributed by atoms with Crippen molar-refractivity contribution < 1.29 is 0 Å². The summed E-state index contributed by atoms with van der Waals surface area (Å²) in [5.74, 6) is 0. The van der Waals surface area contributed by atoms with Crippen molar-refractivity contribution in [3.8, 4) is 39.3 Å². The summed E-state index contributed by atoms with van der Waals surface area (Å²) in [4.78, 5) is 3.72. The van der Waals surface area contributed by atoms with E-state index in [1.165, 1.54) is 142 Å². The fourth-order valence-electron chi connectivity index (χ4n) is 13.3. The van der Waals surface area contributed by atoms with E-state index in [0.717, 1.165) is 10.2 Å². The molecule has 0 spiro atoms. The standard InChI is InChI=1S/C40H26N2.C28H18N2.C12H9Br/c1-3-13-27(14-4-1)28-23-25-30(26-24-28)42-36-22-12-10-20-34(36)38-37-33-19-9-11-21-35(33)41(29-15-5-2-6-16-29)39(37)31-17-7-8-18-32(31)40(38)42;1-2-10-18(11-3-1)30-24-17-9-7-15-22(24)26-25-21-14-6-8-16-23(21)29-27(25)19-12-4-5-13-20(19)28(26)30;13-12-8-6-11(7-9-12)10-4-2-1-3-5-10/h1-26H;1-17,29H;1-9H. The van der Waals surface area contributed by atoms with Gasteiger partial charge in [0.15, 0.2) is 0 Å². The Kier molecular flexibility index (Phi) is 12.3. The van der Waals surface area contributed by atoms with Crippen LogP contribution in [-0.2, 0) is 0 Å². The van der Waals surface area contributed by atoms with Crippen molar-refractivity contribution in [3.63, 3.8) is 0 Å². The Hall–Kier alpha value is -10.7. The van der Waals surface area contributed by atoms with Crippen LogP contribution in [0.2, 0.25) is 0 Å². The predicted molar refractivity (Wildman–Crippen MR) is 365 cm³/mol. The van der Waals surface area contributed by atoms with Crippen LogP contribution in [0.1, 0.15) is 0 Å². The molecule has 0 atom stereocenters. The fourth-order valence-corrected chi connectivity index (χ4v) is 13.6. The van der Waals surface area contributed by atoms with Gasteiger partial charge in [-0.1, -0.05) is 259 Å². The number of hydrogen-bond donors (Lipinski definition) is 1. The predicted octanol–water partition coefficient (Wildman–Crippen LogP) is 22.4. The second-order valence-electron chi connectivity index (χ2n) is 21.7. The van der Waals surface area contributed by atoms with E-state index < -0.39 is 0 Å². The molecule has 0 saturated heterocycles. The van der Waals surface area contributed by atoms with Gasteiger partial charge in [-0.25, -0.2) is 0 Å². The Bertz CT molecular complexity index is 5510. The Morgan fingerprint density at radius 3 is 0.953 bits per heavy atom. The van der Waals surface area contributed by atoms with Gasteiger partial charge in [0, 0.05) is 91.7 Å². The van der Waals surface area contributed by atoms with Gasteiger partial charge >= 0.3 is 0 Å². The monoisotopic (exact) mass is 1150 g/mol. The van der Waals surface area contributed by atoms with Gasteiger partial charge in [0.1, 0.15) is 0 Å². The van der Waals surface area contributed by atoms with Crippen LogP contribution in [0.4, 0.5) is 0 Å². The first-order chi connectivity index (χ1) is 42.2. The van der Waals surface area contributed by atoms with Crippen LogP contribution < -0.4 is 0 Å². The van der Waals surface area contributed by atoms with E-state index in [1.807, 2.05) is 6.07 Å². The van der Waals surface area contributed by atoms with E-state index in [9.17, 15) is 0 Å². The molecule has 0 amide bonds. The lowest BCUT2D eigenvalue weighted by atomic mass is 9.99. The summed E-state index contributed by atoms with van der Waals surface area (Å²) in [6.07, 6.45) is 0. The molecule has 400 valence electrons. The quantitative estimate of drug-likeness (QED) is 0.178. The topological polar surface area (TPSA) is 30.6 Å². The number of para-hydroxylation sites is 6. The number of nitrogens with one attached hydrogen (secondary N) is 1. The second kappa shape index (κ2) is 20.9. The van der Waals surface area contributed by atoms with E-state index >= 15 is 0 Å². The maximum Gasteiger partial charge on any atom is 0.0627 e. The molecule has 14 aromatic carbocycles. The van der Waals surface area contributed by atoms with Gasteiger partial charge in [0.05, 0.1) is 38.6 Å². The third-order valence-electron chi connectivity index (χ3n) is 16.9. The van der Waals surface area contributed by atoms with Gasteiger partial charge in [-0.2, -0.15) is 0 Å². The van der Waals surface area contributed by atoms with Crippen molar-refractivity contribution >= 4 is 125 Å². The summed E-state index contributed by atoms with van der Waals surface area (Å²) in [7, 11) is 0. The van der Waals surface area contributed by atoms with Crippen LogP contribution in [0, 0.1) is 0 Å². The first-order valence-corrected chi connectivity index (χ1v) is 29.7. The third kappa shape index (κ3) is 8.34. The molecule has 0 unspecified atom stereocenters. The van der Waals surface area contributed by atoms with Gasteiger partial charge in [-0.15, -0.1) is 0 Å². The normalized spacial score (nSPS) is 11.6. The summed E-state index contributed by atoms with van der Waals surface area (Å²) in [5.41, 5.74) is 18.3. The zero-order valence-corrected chi connectivity index (χ0v) is 47.8. The average Bonchev–Trinajstić information content (AvgIpc) is 1.64. The van der Waals surface area contributed by atoms with E-state index in [0.29, 0.717) is 0 Å². The number of H-pyrrole nitrogens is 1. The smallest absolute Gasteiger partial charge is 0.0627 e. The lowest BCUT2D eigenvalue weighted by Gasteiger charge is -2.13. The van der Waals surface area contributed by atoms with Gasteiger partial charge in [-0.3, -0.25) is 0 Å². The van der Waals surface area contributed by atoms with Crippen LogP contribution in [0.25, 0.3) is 148 Å². The molecule has 0 fully saturated rings. The van der Waals surface area contributed by atoms with Crippen molar-refractivity contribution in [1.82, 2.24) is 18.7 Å². The highest BCUT2D eigenvalue weighted by molar-refractivity contribution is 9.10. The molecule has 0 radical (unpaired) electrons. The Labute approximate surface area is 499 Å². The third-order valence-corrected chi connectivity index (χ3v) is 17.5. The Balaban J connectivity index is 0.000000118. The highest BCUT2D eigenvalue weighted by Gasteiger charge is 2.25. The van der Waals surface area contributed by atoms with Crippen LogP contribution in [0.5, 0.6) is 0 Å². The molecular formula is C80H53BrN4. The molecule has 85 heavy (non-hydrogen) atoms. The fraction of sp³-hybridized carbons (Fsp3) is 0. The van der Waals surface area contributed by atoms with Crippen molar-refractivity contribution in [1.29, 1.82) is 0 Å². The zero-order valence-electron chi connectivity index (χ0n) is 46.2. The molecule has 4 aromatic heterocycles. The number of rotatable bonds is 5. The second-order valence-corrected chi connectivity index (χ2v) is 22.6. The average molecular weight is 1150 g/mol. The minimum atomic E-state index is 1.12. The first kappa shape index (κ1) is 50.0. The first-order valence-electron chi connectivity index (χ1n) is 29.0. The summed E-state index contributed by atoms with van der Waals surface area (Å²) < 4.78 is 8.46. The van der Waals surface area contributed by atoms with Crippen molar-refractivity contribution in [2.24, 2.45) is 0 Å². The van der Waals surface area contributed by atoms with E-state index in [4.69, 9.17) is 0 Å². The van der Waals surface area contributed by atoms with Crippen LogP contribution in [0.3, 0.4) is 0 Å². The highest BCUT2D eigenvalue weighted by atomic mass is 79.9. The van der Waals surface area contributed by atoms with Crippen molar-refractivity contribution in [2.75, 3.05) is 0 Å². The highest BCUT2D eigenvalue weighted by Crippen LogP contribution is 2.48. The largest absolute Gasteiger partial charge is 0.354 e. The van der Waals surface area contributed by atoms with Gasteiger partial charge in [0.2, 0.25) is 0 Å². The zero-order chi connectivity index (χ0) is 56.4. The molecule has 0 aliphatic carbocycles. The number of halogens is 1. The molecule has 4 heterocycles. The minimum absolute atomic E-state index is 1.12. The molecule has 0 aliphatic rings. The molecule has 0 aliphatic heterocycles. The number of aromatic nitrogens is 4. The summed E-state index contributed by atoms with van der Waals surface area (Å²) in [5, 5.41) is 15.4. The van der Waals surface area contributed by atoms with E-state index in [1.54, 1.807) is 0 Å². The lowest BCUT2D eigenvalue weighted by molar-refractivity contribution is 1.18. The van der Waals surface area contributed by atoms with Gasteiger partial charge < -0.3 is 18.7 Å². The molecule has 1 N–H and O–H groups in total. The molecule has 0 bridgehead atoms. The van der Waals surface area contributed by atoms with Gasteiger partial charge in [-0.05, 0) is 95.1 Å². The molecule has 5 heteroatoms. The van der Waals surface area contributed by atoms with E-state index in [-0.39, 0.29) is 0 Å². The molecule has 4 nitrogen and oxygen atoms in total.